The Hall–Kier alpha value is -1.85. The van der Waals surface area contributed by atoms with Gasteiger partial charge in [0.2, 0.25) is 5.88 Å². The molecule has 0 aliphatic heterocycles. The number of carbonyl (C=O) groups is 1. The minimum Gasteiger partial charge on any atom is -0.481 e. The van der Waals surface area contributed by atoms with Gasteiger partial charge in [0.1, 0.15) is 0 Å². The van der Waals surface area contributed by atoms with E-state index in [-0.39, 0.29) is 6.42 Å². The molecule has 100 valence electrons. The fraction of sp³-hybridized carbons (Fsp3) is 0.583. The van der Waals surface area contributed by atoms with Crippen LogP contribution in [-0.4, -0.2) is 41.2 Å². The molecule has 0 aliphatic carbocycles. The first-order valence-corrected chi connectivity index (χ1v) is 5.87. The fourth-order valence-electron chi connectivity index (χ4n) is 1.22. The summed E-state index contributed by atoms with van der Waals surface area (Å²) >= 11 is 0. The van der Waals surface area contributed by atoms with Gasteiger partial charge in [-0.05, 0) is 5.92 Å². The second kappa shape index (κ2) is 6.78. The number of hydrogen-bond acceptors (Lipinski definition) is 5. The lowest BCUT2D eigenvalue weighted by atomic mass is 10.2. The van der Waals surface area contributed by atoms with Gasteiger partial charge in [0.25, 0.3) is 0 Å². The number of carboxylic acid groups (broad SMARTS) is 1. The molecule has 0 aromatic carbocycles. The van der Waals surface area contributed by atoms with E-state index in [1.165, 1.54) is 0 Å². The molecule has 0 atom stereocenters. The average Bonchev–Trinajstić information content (AvgIpc) is 2.33. The lowest BCUT2D eigenvalue weighted by molar-refractivity contribution is -0.136. The van der Waals surface area contributed by atoms with Crippen LogP contribution in [0.4, 0.5) is 5.82 Å². The summed E-state index contributed by atoms with van der Waals surface area (Å²) in [4.78, 5) is 20.5. The van der Waals surface area contributed by atoms with Crippen LogP contribution in [-0.2, 0) is 4.79 Å². The average molecular weight is 253 g/mol. The summed E-state index contributed by atoms with van der Waals surface area (Å²) in [5, 5.41) is 8.62. The Labute approximate surface area is 107 Å². The third-order valence-electron chi connectivity index (χ3n) is 2.22. The van der Waals surface area contributed by atoms with E-state index in [4.69, 9.17) is 9.84 Å². The van der Waals surface area contributed by atoms with Crippen molar-refractivity contribution < 1.29 is 14.6 Å². The highest BCUT2D eigenvalue weighted by Gasteiger charge is 2.07. The van der Waals surface area contributed by atoms with Crippen LogP contribution in [0.1, 0.15) is 20.3 Å². The maximum atomic E-state index is 10.5. The van der Waals surface area contributed by atoms with Crippen LogP contribution in [0.15, 0.2) is 12.4 Å². The SMILES string of the molecule is CC(C)COc1cncc(N(C)CCC(=O)O)n1. The van der Waals surface area contributed by atoms with Gasteiger partial charge >= 0.3 is 5.97 Å². The van der Waals surface area contributed by atoms with E-state index in [1.54, 1.807) is 24.3 Å². The predicted molar refractivity (Wildman–Crippen MR) is 67.9 cm³/mol. The molecule has 1 aromatic rings. The maximum absolute atomic E-state index is 10.5. The number of ether oxygens (including phenoxy) is 1. The van der Waals surface area contributed by atoms with E-state index in [2.05, 4.69) is 23.8 Å². The molecule has 6 heteroatoms. The quantitative estimate of drug-likeness (QED) is 0.792. The summed E-state index contributed by atoms with van der Waals surface area (Å²) in [5.74, 6) is 0.656. The molecule has 0 spiro atoms. The lowest BCUT2D eigenvalue weighted by Gasteiger charge is -2.17. The second-order valence-electron chi connectivity index (χ2n) is 4.49. The highest BCUT2D eigenvalue weighted by atomic mass is 16.5. The van der Waals surface area contributed by atoms with Crippen molar-refractivity contribution in [3.63, 3.8) is 0 Å². The molecule has 0 saturated heterocycles. The molecule has 0 aliphatic rings. The van der Waals surface area contributed by atoms with Crippen molar-refractivity contribution >= 4 is 11.8 Å². The van der Waals surface area contributed by atoms with Gasteiger partial charge in [-0.25, -0.2) is 0 Å². The summed E-state index contributed by atoms with van der Waals surface area (Å²) in [7, 11) is 1.78. The van der Waals surface area contributed by atoms with Gasteiger partial charge < -0.3 is 14.7 Å². The molecule has 0 unspecified atom stereocenters. The minimum absolute atomic E-state index is 0.0647. The normalized spacial score (nSPS) is 10.4. The van der Waals surface area contributed by atoms with Gasteiger partial charge in [-0.1, -0.05) is 13.8 Å². The van der Waals surface area contributed by atoms with E-state index in [0.29, 0.717) is 30.8 Å². The zero-order valence-corrected chi connectivity index (χ0v) is 11.0. The Bertz CT molecular complexity index is 396. The van der Waals surface area contributed by atoms with Crippen molar-refractivity contribution in [2.75, 3.05) is 25.1 Å². The standard InChI is InChI=1S/C12H19N3O3/c1-9(2)8-18-11-7-13-6-10(14-11)15(3)5-4-12(16)17/h6-7,9H,4-5,8H2,1-3H3,(H,16,17). The number of aliphatic carboxylic acids is 1. The van der Waals surface area contributed by atoms with Crippen LogP contribution < -0.4 is 9.64 Å². The maximum Gasteiger partial charge on any atom is 0.305 e. The van der Waals surface area contributed by atoms with E-state index < -0.39 is 5.97 Å². The molecule has 0 bridgehead atoms. The van der Waals surface area contributed by atoms with Crippen LogP contribution in [0, 0.1) is 5.92 Å². The minimum atomic E-state index is -0.831. The Morgan fingerprint density at radius 3 is 2.83 bits per heavy atom. The smallest absolute Gasteiger partial charge is 0.305 e. The highest BCUT2D eigenvalue weighted by molar-refractivity contribution is 5.67. The molecule has 1 aromatic heterocycles. The van der Waals surface area contributed by atoms with Gasteiger partial charge in [0.15, 0.2) is 5.82 Å². The van der Waals surface area contributed by atoms with Crippen LogP contribution >= 0.6 is 0 Å². The summed E-state index contributed by atoms with van der Waals surface area (Å²) < 4.78 is 5.47. The number of aromatic nitrogens is 2. The van der Waals surface area contributed by atoms with Crippen molar-refractivity contribution in [1.82, 2.24) is 9.97 Å². The molecular formula is C12H19N3O3. The Morgan fingerprint density at radius 2 is 2.22 bits per heavy atom. The van der Waals surface area contributed by atoms with Gasteiger partial charge in [-0.15, -0.1) is 0 Å². The molecule has 18 heavy (non-hydrogen) atoms. The summed E-state index contributed by atoms with van der Waals surface area (Å²) in [6.45, 7) is 5.07. The molecular weight excluding hydrogens is 234 g/mol. The first kappa shape index (κ1) is 14.2. The zero-order chi connectivity index (χ0) is 13.5. The van der Waals surface area contributed by atoms with Crippen molar-refractivity contribution in [2.24, 2.45) is 5.92 Å². The molecule has 6 nitrogen and oxygen atoms in total. The topological polar surface area (TPSA) is 75.5 Å². The van der Waals surface area contributed by atoms with Gasteiger partial charge in [0.05, 0.1) is 25.4 Å². The van der Waals surface area contributed by atoms with Crippen molar-refractivity contribution in [2.45, 2.75) is 20.3 Å². The van der Waals surface area contributed by atoms with Gasteiger partial charge in [0, 0.05) is 13.6 Å². The van der Waals surface area contributed by atoms with E-state index >= 15 is 0 Å². The fourth-order valence-corrected chi connectivity index (χ4v) is 1.22. The Morgan fingerprint density at radius 1 is 1.50 bits per heavy atom. The molecule has 0 radical (unpaired) electrons. The summed E-state index contributed by atoms with van der Waals surface area (Å²) in [6.07, 6.45) is 3.20. The van der Waals surface area contributed by atoms with Gasteiger partial charge in [-0.3, -0.25) is 9.78 Å². The predicted octanol–water partition coefficient (Wildman–Crippen LogP) is 1.42. The lowest BCUT2D eigenvalue weighted by Crippen LogP contribution is -2.22. The first-order chi connectivity index (χ1) is 8.49. The van der Waals surface area contributed by atoms with Crippen molar-refractivity contribution in [3.8, 4) is 5.88 Å². The van der Waals surface area contributed by atoms with Crippen LogP contribution in [0.5, 0.6) is 5.88 Å². The number of carboxylic acids is 1. The monoisotopic (exact) mass is 253 g/mol. The number of rotatable bonds is 7. The Kier molecular flexibility index (Phi) is 5.35. The number of hydrogen-bond donors (Lipinski definition) is 1. The number of anilines is 1. The molecule has 0 saturated carbocycles. The van der Waals surface area contributed by atoms with Gasteiger partial charge in [-0.2, -0.15) is 4.98 Å². The molecule has 1 rings (SSSR count). The van der Waals surface area contributed by atoms with E-state index in [1.807, 2.05) is 0 Å². The van der Waals surface area contributed by atoms with E-state index in [0.717, 1.165) is 0 Å². The van der Waals surface area contributed by atoms with Crippen LogP contribution in [0.2, 0.25) is 0 Å². The largest absolute Gasteiger partial charge is 0.481 e. The molecule has 0 fully saturated rings. The third kappa shape index (κ3) is 4.99. The second-order valence-corrected chi connectivity index (χ2v) is 4.49. The summed E-state index contributed by atoms with van der Waals surface area (Å²) in [6, 6.07) is 0. The molecule has 1 heterocycles. The summed E-state index contributed by atoms with van der Waals surface area (Å²) in [5.41, 5.74) is 0. The van der Waals surface area contributed by atoms with Crippen LogP contribution in [0.3, 0.4) is 0 Å². The molecule has 0 amide bonds. The zero-order valence-electron chi connectivity index (χ0n) is 11.0. The third-order valence-corrected chi connectivity index (χ3v) is 2.22. The Balaban J connectivity index is 2.60. The first-order valence-electron chi connectivity index (χ1n) is 5.87. The molecule has 1 N–H and O–H groups in total. The van der Waals surface area contributed by atoms with Crippen molar-refractivity contribution in [3.05, 3.63) is 12.4 Å². The van der Waals surface area contributed by atoms with Crippen LogP contribution in [0.25, 0.3) is 0 Å². The number of nitrogens with zero attached hydrogens (tertiary/aromatic N) is 3. The van der Waals surface area contributed by atoms with E-state index in [9.17, 15) is 4.79 Å². The highest BCUT2D eigenvalue weighted by Crippen LogP contribution is 2.13. The van der Waals surface area contributed by atoms with Crippen molar-refractivity contribution in [1.29, 1.82) is 0 Å².